The van der Waals surface area contributed by atoms with Crippen LogP contribution in [0, 0.1) is 5.82 Å². The Bertz CT molecular complexity index is 667. The van der Waals surface area contributed by atoms with Gasteiger partial charge in [-0.3, -0.25) is 9.69 Å². The standard InChI is InChI=1S/C18H21FN2O3/c19-15-4-1-3-14(11-15)17(22)12-18(23)21-8-6-20(7-9-21)13-16-5-2-10-24-16/h1-5,10-11,17,22H,6-9,12-13H2. The Morgan fingerprint density at radius 3 is 2.67 bits per heavy atom. The minimum atomic E-state index is -0.977. The van der Waals surface area contributed by atoms with E-state index in [1.54, 1.807) is 17.2 Å². The smallest absolute Gasteiger partial charge is 0.225 e. The van der Waals surface area contributed by atoms with Gasteiger partial charge < -0.3 is 14.4 Å². The summed E-state index contributed by atoms with van der Waals surface area (Å²) in [6, 6.07) is 9.54. The lowest BCUT2D eigenvalue weighted by atomic mass is 10.1. The first kappa shape index (κ1) is 16.7. The second-order valence-electron chi connectivity index (χ2n) is 6.01. The molecule has 3 rings (SSSR count). The zero-order valence-electron chi connectivity index (χ0n) is 13.4. The van der Waals surface area contributed by atoms with E-state index in [2.05, 4.69) is 4.90 Å². The molecule has 0 spiro atoms. The molecule has 0 bridgehead atoms. The van der Waals surface area contributed by atoms with Gasteiger partial charge in [0.1, 0.15) is 11.6 Å². The van der Waals surface area contributed by atoms with Crippen molar-refractivity contribution in [2.45, 2.75) is 19.1 Å². The maximum Gasteiger partial charge on any atom is 0.225 e. The van der Waals surface area contributed by atoms with Crippen LogP contribution in [0.3, 0.4) is 0 Å². The van der Waals surface area contributed by atoms with Gasteiger partial charge in [0.25, 0.3) is 0 Å². The van der Waals surface area contributed by atoms with Crippen LogP contribution in [0.1, 0.15) is 23.8 Å². The van der Waals surface area contributed by atoms with Crippen LogP contribution in [0.2, 0.25) is 0 Å². The molecule has 1 aliphatic heterocycles. The van der Waals surface area contributed by atoms with Crippen LogP contribution in [-0.4, -0.2) is 47.0 Å². The Labute approximate surface area is 140 Å². The van der Waals surface area contributed by atoms with Gasteiger partial charge in [0.05, 0.1) is 25.3 Å². The van der Waals surface area contributed by atoms with Gasteiger partial charge in [-0.2, -0.15) is 0 Å². The molecule has 0 saturated carbocycles. The lowest BCUT2D eigenvalue weighted by Gasteiger charge is -2.34. The first-order chi connectivity index (χ1) is 11.6. The van der Waals surface area contributed by atoms with E-state index in [0.717, 1.165) is 25.4 Å². The fraction of sp³-hybridized carbons (Fsp3) is 0.389. The summed E-state index contributed by atoms with van der Waals surface area (Å²) in [5.41, 5.74) is 0.430. The van der Waals surface area contributed by atoms with Crippen LogP contribution < -0.4 is 0 Å². The number of amides is 1. The molecule has 2 aromatic rings. The Morgan fingerprint density at radius 2 is 2.00 bits per heavy atom. The summed E-state index contributed by atoms with van der Waals surface area (Å²) in [7, 11) is 0. The summed E-state index contributed by atoms with van der Waals surface area (Å²) < 4.78 is 18.5. The largest absolute Gasteiger partial charge is 0.468 e. The van der Waals surface area contributed by atoms with Crippen molar-refractivity contribution in [3.63, 3.8) is 0 Å². The van der Waals surface area contributed by atoms with E-state index in [9.17, 15) is 14.3 Å². The molecule has 0 aliphatic carbocycles. The van der Waals surface area contributed by atoms with Crippen LogP contribution in [0.5, 0.6) is 0 Å². The van der Waals surface area contributed by atoms with Crippen LogP contribution in [0.15, 0.2) is 47.1 Å². The zero-order valence-corrected chi connectivity index (χ0v) is 13.4. The Balaban J connectivity index is 1.48. The molecule has 1 aromatic carbocycles. The van der Waals surface area contributed by atoms with Crippen molar-refractivity contribution >= 4 is 5.91 Å². The molecule has 1 aromatic heterocycles. The van der Waals surface area contributed by atoms with Gasteiger partial charge in [-0.05, 0) is 29.8 Å². The van der Waals surface area contributed by atoms with Crippen molar-refractivity contribution in [2.24, 2.45) is 0 Å². The quantitative estimate of drug-likeness (QED) is 0.912. The average Bonchev–Trinajstić information content (AvgIpc) is 3.08. The lowest BCUT2D eigenvalue weighted by Crippen LogP contribution is -2.48. The zero-order chi connectivity index (χ0) is 16.9. The number of carbonyl (C=O) groups is 1. The van der Waals surface area contributed by atoms with Crippen molar-refractivity contribution in [3.05, 3.63) is 59.8 Å². The summed E-state index contributed by atoms with van der Waals surface area (Å²) in [5.74, 6) is 0.395. The van der Waals surface area contributed by atoms with E-state index in [1.807, 2.05) is 12.1 Å². The number of furan rings is 1. The molecule has 0 radical (unpaired) electrons. The number of rotatable bonds is 5. The number of carbonyl (C=O) groups excluding carboxylic acids is 1. The van der Waals surface area contributed by atoms with Crippen LogP contribution in [-0.2, 0) is 11.3 Å². The fourth-order valence-electron chi connectivity index (χ4n) is 2.90. The minimum Gasteiger partial charge on any atom is -0.468 e. The van der Waals surface area contributed by atoms with E-state index >= 15 is 0 Å². The summed E-state index contributed by atoms with van der Waals surface area (Å²) >= 11 is 0. The lowest BCUT2D eigenvalue weighted by molar-refractivity contribution is -0.135. The number of aliphatic hydroxyl groups is 1. The highest BCUT2D eigenvalue weighted by atomic mass is 19.1. The van der Waals surface area contributed by atoms with E-state index in [1.165, 1.54) is 18.2 Å². The van der Waals surface area contributed by atoms with Gasteiger partial charge in [-0.1, -0.05) is 12.1 Å². The third-order valence-electron chi connectivity index (χ3n) is 4.29. The topological polar surface area (TPSA) is 56.9 Å². The molecule has 1 N–H and O–H groups in total. The predicted molar refractivity (Wildman–Crippen MR) is 86.5 cm³/mol. The first-order valence-corrected chi connectivity index (χ1v) is 8.08. The van der Waals surface area contributed by atoms with Crippen molar-refractivity contribution in [1.29, 1.82) is 0 Å². The van der Waals surface area contributed by atoms with Gasteiger partial charge in [0, 0.05) is 26.2 Å². The van der Waals surface area contributed by atoms with E-state index in [-0.39, 0.29) is 12.3 Å². The number of aliphatic hydroxyl groups excluding tert-OH is 1. The molecular weight excluding hydrogens is 311 g/mol. The summed E-state index contributed by atoms with van der Waals surface area (Å²) in [5, 5.41) is 10.1. The van der Waals surface area contributed by atoms with Crippen molar-refractivity contribution in [3.8, 4) is 0 Å². The number of hydrogen-bond donors (Lipinski definition) is 1. The second kappa shape index (κ2) is 7.59. The highest BCUT2D eigenvalue weighted by Gasteiger charge is 2.24. The molecule has 1 aliphatic rings. The minimum absolute atomic E-state index is 0.0262. The SMILES string of the molecule is O=C(CC(O)c1cccc(F)c1)N1CCN(Cc2ccco2)CC1. The fourth-order valence-corrected chi connectivity index (χ4v) is 2.90. The van der Waals surface area contributed by atoms with Crippen molar-refractivity contribution in [2.75, 3.05) is 26.2 Å². The summed E-state index contributed by atoms with van der Waals surface area (Å²) in [6.07, 6.45) is 0.652. The molecule has 1 atom stereocenters. The molecule has 1 saturated heterocycles. The first-order valence-electron chi connectivity index (χ1n) is 8.08. The van der Waals surface area contributed by atoms with Crippen LogP contribution in [0.25, 0.3) is 0 Å². The third kappa shape index (κ3) is 4.21. The van der Waals surface area contributed by atoms with Crippen LogP contribution >= 0.6 is 0 Å². The molecule has 5 nitrogen and oxygen atoms in total. The Morgan fingerprint density at radius 1 is 1.21 bits per heavy atom. The van der Waals surface area contributed by atoms with E-state index < -0.39 is 11.9 Å². The maximum atomic E-state index is 13.2. The number of halogens is 1. The highest BCUT2D eigenvalue weighted by Crippen LogP contribution is 2.19. The van der Waals surface area contributed by atoms with Crippen molar-refractivity contribution < 1.29 is 18.7 Å². The normalized spacial score (nSPS) is 17.0. The van der Waals surface area contributed by atoms with Gasteiger partial charge in [0.15, 0.2) is 0 Å². The van der Waals surface area contributed by atoms with Crippen molar-refractivity contribution in [1.82, 2.24) is 9.80 Å². The number of nitrogens with zero attached hydrogens (tertiary/aromatic N) is 2. The molecule has 24 heavy (non-hydrogen) atoms. The maximum absolute atomic E-state index is 13.2. The van der Waals surface area contributed by atoms with Gasteiger partial charge in [-0.25, -0.2) is 4.39 Å². The van der Waals surface area contributed by atoms with Gasteiger partial charge in [-0.15, -0.1) is 0 Å². The molecule has 128 valence electrons. The van der Waals surface area contributed by atoms with E-state index in [4.69, 9.17) is 4.42 Å². The molecule has 6 heteroatoms. The molecule has 2 heterocycles. The van der Waals surface area contributed by atoms with Crippen LogP contribution in [0.4, 0.5) is 4.39 Å². The Hall–Kier alpha value is -2.18. The molecule has 1 fully saturated rings. The summed E-state index contributed by atoms with van der Waals surface area (Å²) in [4.78, 5) is 16.3. The number of benzene rings is 1. The monoisotopic (exact) mass is 332 g/mol. The highest BCUT2D eigenvalue weighted by molar-refractivity contribution is 5.77. The second-order valence-corrected chi connectivity index (χ2v) is 6.01. The predicted octanol–water partition coefficient (Wildman–Crippen LogP) is 2.19. The third-order valence-corrected chi connectivity index (χ3v) is 4.29. The molecular formula is C18H21FN2O3. The van der Waals surface area contributed by atoms with E-state index in [0.29, 0.717) is 18.7 Å². The van der Waals surface area contributed by atoms with Gasteiger partial charge >= 0.3 is 0 Å². The summed E-state index contributed by atoms with van der Waals surface area (Å²) in [6.45, 7) is 3.51. The Kier molecular flexibility index (Phi) is 5.27. The average molecular weight is 332 g/mol. The molecule has 1 amide bonds. The van der Waals surface area contributed by atoms with Gasteiger partial charge in [0.2, 0.25) is 5.91 Å². The number of hydrogen-bond acceptors (Lipinski definition) is 4. The molecule has 1 unspecified atom stereocenters. The number of piperazine rings is 1.